The Morgan fingerprint density at radius 3 is 2.77 bits per heavy atom. The highest BCUT2D eigenvalue weighted by Gasteiger charge is 2.12. The van der Waals surface area contributed by atoms with Crippen LogP contribution in [0.3, 0.4) is 0 Å². The van der Waals surface area contributed by atoms with Gasteiger partial charge in [-0.2, -0.15) is 4.37 Å². The molecule has 2 N–H and O–H groups in total. The quantitative estimate of drug-likeness (QED) is 0.788. The van der Waals surface area contributed by atoms with Crippen molar-refractivity contribution in [3.63, 3.8) is 0 Å². The minimum Gasteiger partial charge on any atom is -0.347 e. The predicted molar refractivity (Wildman–Crippen MR) is 56.2 cm³/mol. The fourth-order valence-corrected chi connectivity index (χ4v) is 1.79. The largest absolute Gasteiger partial charge is 0.347 e. The Morgan fingerprint density at radius 1 is 1.62 bits per heavy atom. The fraction of sp³-hybridized carbons (Fsp3) is 0.750. The molecule has 0 aliphatic carbocycles. The van der Waals surface area contributed by atoms with Crippen LogP contribution in [0.15, 0.2) is 0 Å². The van der Waals surface area contributed by atoms with Gasteiger partial charge >= 0.3 is 0 Å². The first-order chi connectivity index (χ1) is 6.15. The van der Waals surface area contributed by atoms with Crippen molar-refractivity contribution in [2.75, 3.05) is 18.5 Å². The predicted octanol–water partition coefficient (Wildman–Crippen LogP) is 1.02. The van der Waals surface area contributed by atoms with Crippen LogP contribution in [-0.4, -0.2) is 29.0 Å². The van der Waals surface area contributed by atoms with E-state index in [9.17, 15) is 0 Å². The molecule has 1 aromatic heterocycles. The second-order valence-electron chi connectivity index (χ2n) is 3.16. The molecule has 1 aromatic rings. The van der Waals surface area contributed by atoms with E-state index in [0.29, 0.717) is 12.6 Å². The van der Waals surface area contributed by atoms with Gasteiger partial charge in [-0.25, -0.2) is 4.98 Å². The van der Waals surface area contributed by atoms with Crippen LogP contribution in [0.4, 0.5) is 5.13 Å². The van der Waals surface area contributed by atoms with Crippen LogP contribution in [0.1, 0.15) is 19.2 Å². The second-order valence-corrected chi connectivity index (χ2v) is 3.89. The van der Waals surface area contributed by atoms with Gasteiger partial charge in [0.1, 0.15) is 5.82 Å². The molecule has 0 fully saturated rings. The number of aryl methyl sites for hydroxylation is 1. The average Bonchev–Trinajstić information content (AvgIpc) is 2.51. The van der Waals surface area contributed by atoms with Crippen molar-refractivity contribution in [3.8, 4) is 0 Å². The van der Waals surface area contributed by atoms with Gasteiger partial charge in [-0.05, 0) is 26.8 Å². The van der Waals surface area contributed by atoms with Gasteiger partial charge in [0.2, 0.25) is 5.13 Å². The summed E-state index contributed by atoms with van der Waals surface area (Å²) < 4.78 is 4.14. The van der Waals surface area contributed by atoms with E-state index in [1.54, 1.807) is 0 Å². The van der Waals surface area contributed by atoms with Crippen LogP contribution < -0.4 is 10.6 Å². The SMILES string of the molecule is Cc1nsc(N(C)C(C)CCN)n1. The zero-order chi connectivity index (χ0) is 9.84. The summed E-state index contributed by atoms with van der Waals surface area (Å²) in [6.07, 6.45) is 0.981. The van der Waals surface area contributed by atoms with Crippen LogP contribution in [0.5, 0.6) is 0 Å². The van der Waals surface area contributed by atoms with E-state index in [0.717, 1.165) is 17.4 Å². The Kier molecular flexibility index (Phi) is 3.62. The van der Waals surface area contributed by atoms with Crippen LogP contribution in [-0.2, 0) is 0 Å². The first-order valence-corrected chi connectivity index (χ1v) is 5.15. The Hall–Kier alpha value is -0.680. The van der Waals surface area contributed by atoms with Crippen molar-refractivity contribution in [2.24, 2.45) is 5.73 Å². The van der Waals surface area contributed by atoms with Crippen molar-refractivity contribution in [1.29, 1.82) is 0 Å². The molecule has 0 aliphatic heterocycles. The third-order valence-corrected chi connectivity index (χ3v) is 2.96. The van der Waals surface area contributed by atoms with Gasteiger partial charge in [-0.1, -0.05) is 0 Å². The first kappa shape index (κ1) is 10.4. The lowest BCUT2D eigenvalue weighted by molar-refractivity contribution is 0.633. The van der Waals surface area contributed by atoms with E-state index in [-0.39, 0.29) is 0 Å². The Balaban J connectivity index is 2.61. The number of hydrogen-bond donors (Lipinski definition) is 1. The lowest BCUT2D eigenvalue weighted by Gasteiger charge is -2.22. The minimum atomic E-state index is 0.428. The van der Waals surface area contributed by atoms with E-state index < -0.39 is 0 Å². The lowest BCUT2D eigenvalue weighted by atomic mass is 10.2. The normalized spacial score (nSPS) is 12.9. The third kappa shape index (κ3) is 2.63. The van der Waals surface area contributed by atoms with Gasteiger partial charge < -0.3 is 10.6 Å². The molecule has 1 atom stereocenters. The molecule has 0 aliphatic rings. The van der Waals surface area contributed by atoms with Gasteiger partial charge in [0.15, 0.2) is 0 Å². The summed E-state index contributed by atoms with van der Waals surface area (Å²) in [5, 5.41) is 0.971. The van der Waals surface area contributed by atoms with Gasteiger partial charge in [-0.15, -0.1) is 0 Å². The van der Waals surface area contributed by atoms with Gasteiger partial charge in [0.05, 0.1) is 0 Å². The van der Waals surface area contributed by atoms with Crippen LogP contribution in [0.2, 0.25) is 0 Å². The lowest BCUT2D eigenvalue weighted by Crippen LogP contribution is -2.30. The molecule has 0 saturated carbocycles. The highest BCUT2D eigenvalue weighted by atomic mass is 32.1. The molecule has 1 rings (SSSR count). The molecular weight excluding hydrogens is 184 g/mol. The van der Waals surface area contributed by atoms with Gasteiger partial charge in [0.25, 0.3) is 0 Å². The second kappa shape index (κ2) is 4.53. The smallest absolute Gasteiger partial charge is 0.205 e. The summed E-state index contributed by atoms with van der Waals surface area (Å²) in [6.45, 7) is 4.76. The number of nitrogens with zero attached hydrogens (tertiary/aromatic N) is 3. The minimum absolute atomic E-state index is 0.428. The molecule has 1 heterocycles. The fourth-order valence-electron chi connectivity index (χ4n) is 1.05. The summed E-state index contributed by atoms with van der Waals surface area (Å²) in [6, 6.07) is 0.428. The molecule has 4 nitrogen and oxygen atoms in total. The van der Waals surface area contributed by atoms with Gasteiger partial charge in [-0.3, -0.25) is 0 Å². The monoisotopic (exact) mass is 200 g/mol. The third-order valence-electron chi connectivity index (χ3n) is 2.06. The molecule has 1 unspecified atom stereocenters. The number of anilines is 1. The summed E-state index contributed by atoms with van der Waals surface area (Å²) in [7, 11) is 2.03. The maximum Gasteiger partial charge on any atom is 0.205 e. The molecule has 0 spiro atoms. The molecule has 13 heavy (non-hydrogen) atoms. The standard InChI is InChI=1S/C8H16N4S/c1-6(4-5-9)12(3)8-10-7(2)11-13-8/h6H,4-5,9H2,1-3H3. The van der Waals surface area contributed by atoms with Crippen molar-refractivity contribution in [3.05, 3.63) is 5.82 Å². The molecule has 0 amide bonds. The molecule has 0 radical (unpaired) electrons. The van der Waals surface area contributed by atoms with Crippen molar-refractivity contribution >= 4 is 16.7 Å². The van der Waals surface area contributed by atoms with E-state index in [1.807, 2.05) is 14.0 Å². The highest BCUT2D eigenvalue weighted by molar-refractivity contribution is 7.09. The summed E-state index contributed by atoms with van der Waals surface area (Å²) >= 11 is 1.44. The Bertz CT molecular complexity index is 260. The molecule has 0 aromatic carbocycles. The zero-order valence-corrected chi connectivity index (χ0v) is 9.14. The van der Waals surface area contributed by atoms with Crippen LogP contribution in [0.25, 0.3) is 0 Å². The maximum absolute atomic E-state index is 5.49. The number of aromatic nitrogens is 2. The summed E-state index contributed by atoms with van der Waals surface area (Å²) in [4.78, 5) is 6.43. The van der Waals surface area contributed by atoms with E-state index in [2.05, 4.69) is 21.2 Å². The highest BCUT2D eigenvalue weighted by Crippen LogP contribution is 2.18. The van der Waals surface area contributed by atoms with Crippen LogP contribution in [0, 0.1) is 6.92 Å². The van der Waals surface area contributed by atoms with Crippen LogP contribution >= 0.6 is 11.5 Å². The molecule has 5 heteroatoms. The molecular formula is C8H16N4S. The van der Waals surface area contributed by atoms with E-state index >= 15 is 0 Å². The number of nitrogens with two attached hydrogens (primary N) is 1. The van der Waals surface area contributed by atoms with E-state index in [4.69, 9.17) is 5.73 Å². The number of rotatable bonds is 4. The summed E-state index contributed by atoms with van der Waals surface area (Å²) in [5.74, 6) is 0.840. The first-order valence-electron chi connectivity index (χ1n) is 4.38. The summed E-state index contributed by atoms with van der Waals surface area (Å²) in [5.41, 5.74) is 5.49. The maximum atomic E-state index is 5.49. The van der Waals surface area contributed by atoms with Crippen molar-refractivity contribution in [2.45, 2.75) is 26.3 Å². The molecule has 0 bridgehead atoms. The van der Waals surface area contributed by atoms with E-state index in [1.165, 1.54) is 11.5 Å². The average molecular weight is 200 g/mol. The number of hydrogen-bond acceptors (Lipinski definition) is 5. The Morgan fingerprint density at radius 2 is 2.31 bits per heavy atom. The molecule has 0 saturated heterocycles. The Labute approximate surface area is 82.9 Å². The van der Waals surface area contributed by atoms with Crippen molar-refractivity contribution in [1.82, 2.24) is 9.36 Å². The topological polar surface area (TPSA) is 55.0 Å². The van der Waals surface area contributed by atoms with Crippen molar-refractivity contribution < 1.29 is 0 Å². The van der Waals surface area contributed by atoms with Gasteiger partial charge in [0, 0.05) is 24.6 Å². The zero-order valence-electron chi connectivity index (χ0n) is 8.32. The molecule has 74 valence electrons.